The molecule has 5 rings (SSSR count). The highest BCUT2D eigenvalue weighted by molar-refractivity contribution is 5.77. The molecule has 0 radical (unpaired) electrons. The van der Waals surface area contributed by atoms with Crippen LogP contribution in [0.15, 0.2) is 78.9 Å². The van der Waals surface area contributed by atoms with E-state index in [0.29, 0.717) is 42.4 Å². The maximum atomic E-state index is 12.3. The first kappa shape index (κ1) is 25.2. The predicted molar refractivity (Wildman–Crippen MR) is 142 cm³/mol. The van der Waals surface area contributed by atoms with Gasteiger partial charge in [0.1, 0.15) is 18.5 Å². The van der Waals surface area contributed by atoms with Gasteiger partial charge in [0.05, 0.1) is 19.3 Å². The second-order valence-corrected chi connectivity index (χ2v) is 10.2. The summed E-state index contributed by atoms with van der Waals surface area (Å²) in [5, 5.41) is 2.86. The molecule has 3 aromatic carbocycles. The first-order chi connectivity index (χ1) is 18.1. The summed E-state index contributed by atoms with van der Waals surface area (Å²) in [6, 6.07) is 26.1. The Hall–Kier alpha value is -3.51. The minimum Gasteiger partial charge on any atom is -0.486 e. The highest BCUT2D eigenvalue weighted by Gasteiger charge is 2.34. The van der Waals surface area contributed by atoms with Crippen LogP contribution in [0.3, 0.4) is 0 Å². The van der Waals surface area contributed by atoms with E-state index >= 15 is 0 Å². The van der Waals surface area contributed by atoms with Crippen molar-refractivity contribution in [3.8, 4) is 17.2 Å². The molecule has 0 aromatic heterocycles. The van der Waals surface area contributed by atoms with Gasteiger partial charge in [0, 0.05) is 5.92 Å². The van der Waals surface area contributed by atoms with Crippen LogP contribution in [-0.4, -0.2) is 38.4 Å². The van der Waals surface area contributed by atoms with Gasteiger partial charge >= 0.3 is 0 Å². The molecule has 1 amide bonds. The molecule has 4 atom stereocenters. The number of rotatable bonds is 8. The van der Waals surface area contributed by atoms with E-state index in [2.05, 4.69) is 61.6 Å². The molecule has 0 bridgehead atoms. The van der Waals surface area contributed by atoms with Crippen molar-refractivity contribution in [2.75, 3.05) is 26.4 Å². The van der Waals surface area contributed by atoms with Crippen molar-refractivity contribution in [1.29, 1.82) is 0 Å². The average molecular weight is 502 g/mol. The van der Waals surface area contributed by atoms with Crippen molar-refractivity contribution in [2.45, 2.75) is 38.4 Å². The lowest BCUT2D eigenvalue weighted by Gasteiger charge is -2.39. The molecule has 1 fully saturated rings. The third kappa shape index (κ3) is 6.25. The number of hydrogen-bond donors (Lipinski definition) is 1. The van der Waals surface area contributed by atoms with E-state index in [1.807, 2.05) is 36.4 Å². The van der Waals surface area contributed by atoms with Crippen LogP contribution in [0.5, 0.6) is 17.2 Å². The highest BCUT2D eigenvalue weighted by Crippen LogP contribution is 2.43. The van der Waals surface area contributed by atoms with Crippen LogP contribution in [-0.2, 0) is 9.53 Å². The van der Waals surface area contributed by atoms with Crippen LogP contribution in [0, 0.1) is 11.8 Å². The number of nitrogens with one attached hydrogen (secondary N) is 1. The number of ether oxygens (including phenoxy) is 4. The molecule has 6 heteroatoms. The van der Waals surface area contributed by atoms with Gasteiger partial charge in [0.15, 0.2) is 18.1 Å². The van der Waals surface area contributed by atoms with Crippen molar-refractivity contribution in [3.63, 3.8) is 0 Å². The molecule has 37 heavy (non-hydrogen) atoms. The highest BCUT2D eigenvalue weighted by atomic mass is 16.6. The topological polar surface area (TPSA) is 66.0 Å². The number of amides is 1. The molecule has 2 aliphatic heterocycles. The van der Waals surface area contributed by atoms with Gasteiger partial charge < -0.3 is 24.3 Å². The lowest BCUT2D eigenvalue weighted by Crippen LogP contribution is -2.42. The van der Waals surface area contributed by atoms with E-state index in [1.165, 1.54) is 5.56 Å². The normalized spacial score (nSPS) is 22.9. The maximum absolute atomic E-state index is 12.3. The number of carbonyl (C=O) groups is 1. The smallest absolute Gasteiger partial charge is 0.258 e. The Morgan fingerprint density at radius 2 is 1.65 bits per heavy atom. The number of benzene rings is 3. The molecule has 6 nitrogen and oxygen atoms in total. The molecular weight excluding hydrogens is 466 g/mol. The molecule has 2 heterocycles. The molecule has 0 aliphatic carbocycles. The van der Waals surface area contributed by atoms with E-state index in [-0.39, 0.29) is 24.7 Å². The second kappa shape index (κ2) is 11.7. The van der Waals surface area contributed by atoms with Gasteiger partial charge in [-0.15, -0.1) is 0 Å². The summed E-state index contributed by atoms with van der Waals surface area (Å²) in [6.45, 7) is 5.96. The first-order valence-electron chi connectivity index (χ1n) is 13.1. The molecule has 1 N–H and O–H groups in total. The number of hydrogen-bond acceptors (Lipinski definition) is 5. The summed E-state index contributed by atoms with van der Waals surface area (Å²) in [6.07, 6.45) is 0.927. The molecule has 3 aromatic rings. The van der Waals surface area contributed by atoms with Gasteiger partial charge in [-0.3, -0.25) is 4.79 Å². The van der Waals surface area contributed by atoms with Crippen molar-refractivity contribution in [1.82, 2.24) is 5.32 Å². The zero-order valence-electron chi connectivity index (χ0n) is 21.5. The van der Waals surface area contributed by atoms with E-state index in [4.69, 9.17) is 18.9 Å². The predicted octanol–water partition coefficient (Wildman–Crippen LogP) is 5.54. The molecule has 0 saturated carbocycles. The minimum absolute atomic E-state index is 0.0557. The Morgan fingerprint density at radius 1 is 0.919 bits per heavy atom. The SMILES string of the molecule is CC(C)[C@@H]1C[C@H](c2ccccc2)CO[C@H]1c1ccc(OCC(=O)NC[C@@H]2COc3ccccc3O2)cc1. The third-order valence-electron chi connectivity index (χ3n) is 7.22. The standard InChI is InChI=1S/C31H35NO5/c1-21(2)27-16-24(22-8-4-3-5-9-22)18-36-31(27)23-12-14-25(15-13-23)34-20-30(33)32-17-26-19-35-28-10-6-7-11-29(28)37-26/h3-15,21,24,26-27,31H,16-20H2,1-2H3,(H,32,33)/t24-,26+,27-,31-/m0/s1. The van der Waals surface area contributed by atoms with Gasteiger partial charge in [-0.1, -0.05) is 68.4 Å². The Morgan fingerprint density at radius 3 is 2.41 bits per heavy atom. The van der Waals surface area contributed by atoms with E-state index < -0.39 is 0 Å². The summed E-state index contributed by atoms with van der Waals surface area (Å²) in [4.78, 5) is 12.3. The number of para-hydroxylation sites is 2. The average Bonchev–Trinajstić information content (AvgIpc) is 2.95. The van der Waals surface area contributed by atoms with Gasteiger partial charge in [0.2, 0.25) is 0 Å². The quantitative estimate of drug-likeness (QED) is 0.439. The summed E-state index contributed by atoms with van der Waals surface area (Å²) >= 11 is 0. The summed E-state index contributed by atoms with van der Waals surface area (Å²) in [7, 11) is 0. The van der Waals surface area contributed by atoms with Crippen molar-refractivity contribution in [3.05, 3.63) is 90.0 Å². The van der Waals surface area contributed by atoms with Gasteiger partial charge in [-0.25, -0.2) is 0 Å². The molecule has 194 valence electrons. The lowest BCUT2D eigenvalue weighted by molar-refractivity contribution is -0.123. The Kier molecular flexibility index (Phi) is 7.95. The Bertz CT molecular complexity index is 1160. The monoisotopic (exact) mass is 501 g/mol. The molecule has 1 saturated heterocycles. The van der Waals surface area contributed by atoms with Crippen molar-refractivity contribution < 1.29 is 23.7 Å². The maximum Gasteiger partial charge on any atom is 0.258 e. The Labute approximate surface area is 218 Å². The van der Waals surface area contributed by atoms with Crippen molar-refractivity contribution in [2.24, 2.45) is 11.8 Å². The zero-order valence-corrected chi connectivity index (χ0v) is 21.5. The van der Waals surface area contributed by atoms with Crippen LogP contribution in [0.1, 0.15) is 43.4 Å². The van der Waals surface area contributed by atoms with E-state index in [9.17, 15) is 4.79 Å². The van der Waals surface area contributed by atoms with Crippen LogP contribution in [0.2, 0.25) is 0 Å². The van der Waals surface area contributed by atoms with Crippen LogP contribution in [0.25, 0.3) is 0 Å². The van der Waals surface area contributed by atoms with Crippen LogP contribution in [0.4, 0.5) is 0 Å². The number of carbonyl (C=O) groups excluding carboxylic acids is 1. The zero-order chi connectivity index (χ0) is 25.6. The molecule has 0 spiro atoms. The third-order valence-corrected chi connectivity index (χ3v) is 7.22. The minimum atomic E-state index is -0.232. The fraction of sp³-hybridized carbons (Fsp3) is 0.387. The van der Waals surface area contributed by atoms with E-state index in [1.54, 1.807) is 0 Å². The summed E-state index contributed by atoms with van der Waals surface area (Å²) < 4.78 is 23.7. The van der Waals surface area contributed by atoms with Gasteiger partial charge in [-0.05, 0) is 53.6 Å². The molecular formula is C31H35NO5. The fourth-order valence-corrected chi connectivity index (χ4v) is 5.13. The van der Waals surface area contributed by atoms with Crippen LogP contribution < -0.4 is 19.5 Å². The van der Waals surface area contributed by atoms with Gasteiger partial charge in [0.25, 0.3) is 5.91 Å². The molecule has 2 aliphatic rings. The largest absolute Gasteiger partial charge is 0.486 e. The van der Waals surface area contributed by atoms with E-state index in [0.717, 1.165) is 24.3 Å². The van der Waals surface area contributed by atoms with Gasteiger partial charge in [-0.2, -0.15) is 0 Å². The first-order valence-corrected chi connectivity index (χ1v) is 13.1. The Balaban J connectivity index is 1.10. The lowest BCUT2D eigenvalue weighted by atomic mass is 9.76. The number of fused-ring (bicyclic) bond motifs is 1. The second-order valence-electron chi connectivity index (χ2n) is 10.2. The fourth-order valence-electron chi connectivity index (χ4n) is 5.13. The van der Waals surface area contributed by atoms with Crippen molar-refractivity contribution >= 4 is 5.91 Å². The molecule has 0 unspecified atom stereocenters. The summed E-state index contributed by atoms with van der Waals surface area (Å²) in [5.74, 6) is 3.23. The van der Waals surface area contributed by atoms with Crippen LogP contribution >= 0.6 is 0 Å². The summed E-state index contributed by atoms with van der Waals surface area (Å²) in [5.41, 5.74) is 2.50.